The fraction of sp³-hybridized carbons (Fsp3) is 0.526. The quantitative estimate of drug-likeness (QED) is 0.846. The molecule has 2 aromatic rings. The summed E-state index contributed by atoms with van der Waals surface area (Å²) >= 11 is 1.73. The molecule has 2 aliphatic rings. The molecule has 1 atom stereocenters. The topological polar surface area (TPSA) is 49.3 Å². The smallest absolute Gasteiger partial charge is 0.225 e. The molecular weight excluding hydrogens is 332 g/mol. The van der Waals surface area contributed by atoms with Crippen molar-refractivity contribution in [2.75, 3.05) is 37.6 Å². The maximum absolute atomic E-state index is 12.7. The summed E-state index contributed by atoms with van der Waals surface area (Å²) in [6, 6.07) is 4.19. The first kappa shape index (κ1) is 16.7. The van der Waals surface area contributed by atoms with Gasteiger partial charge in [-0.2, -0.15) is 0 Å². The maximum Gasteiger partial charge on any atom is 0.225 e. The van der Waals surface area contributed by atoms with Crippen LogP contribution in [0.15, 0.2) is 17.5 Å². The Hall–Kier alpha value is -1.79. The second-order valence-corrected chi connectivity index (χ2v) is 7.88. The van der Waals surface area contributed by atoms with Crippen molar-refractivity contribution in [3.05, 3.63) is 39.3 Å². The highest BCUT2D eigenvalue weighted by Crippen LogP contribution is 2.35. The molecule has 2 aromatic heterocycles. The number of hydrogen-bond donors (Lipinski definition) is 0. The van der Waals surface area contributed by atoms with Crippen LogP contribution in [0.1, 0.15) is 45.9 Å². The van der Waals surface area contributed by atoms with E-state index in [-0.39, 0.29) is 11.7 Å². The van der Waals surface area contributed by atoms with Crippen LogP contribution in [0, 0.1) is 6.92 Å². The fourth-order valence-corrected chi connectivity index (χ4v) is 4.72. The first-order valence-corrected chi connectivity index (χ1v) is 9.95. The number of nitrogens with zero attached hydrogens (tertiary/aromatic N) is 4. The Bertz CT molecular complexity index is 766. The van der Waals surface area contributed by atoms with Crippen molar-refractivity contribution in [1.29, 1.82) is 0 Å². The Balaban J connectivity index is 1.62. The lowest BCUT2D eigenvalue weighted by atomic mass is 9.84. The highest BCUT2D eigenvalue weighted by atomic mass is 32.1. The van der Waals surface area contributed by atoms with Crippen molar-refractivity contribution in [3.8, 4) is 0 Å². The van der Waals surface area contributed by atoms with Crippen LogP contribution in [0.25, 0.3) is 0 Å². The molecule has 0 radical (unpaired) electrons. The van der Waals surface area contributed by atoms with Crippen molar-refractivity contribution in [2.45, 2.75) is 32.6 Å². The highest BCUT2D eigenvalue weighted by molar-refractivity contribution is 7.10. The van der Waals surface area contributed by atoms with Crippen molar-refractivity contribution in [2.24, 2.45) is 0 Å². The predicted octanol–water partition coefficient (Wildman–Crippen LogP) is 2.90. The zero-order valence-electron chi connectivity index (χ0n) is 14.9. The zero-order chi connectivity index (χ0) is 17.4. The average molecular weight is 356 g/mol. The summed E-state index contributed by atoms with van der Waals surface area (Å²) in [6.45, 7) is 9.25. The van der Waals surface area contributed by atoms with Gasteiger partial charge in [-0.05, 0) is 31.3 Å². The van der Waals surface area contributed by atoms with Crippen molar-refractivity contribution >= 4 is 23.1 Å². The molecule has 1 saturated heterocycles. The number of aryl methyl sites for hydroxylation is 1. The second kappa shape index (κ2) is 6.84. The van der Waals surface area contributed by atoms with Gasteiger partial charge in [-0.3, -0.25) is 4.79 Å². The molecule has 0 spiro atoms. The molecule has 1 aliphatic heterocycles. The van der Waals surface area contributed by atoms with Gasteiger partial charge in [0.05, 0.1) is 17.0 Å². The van der Waals surface area contributed by atoms with E-state index in [2.05, 4.69) is 39.2 Å². The van der Waals surface area contributed by atoms with E-state index in [4.69, 9.17) is 4.98 Å². The summed E-state index contributed by atoms with van der Waals surface area (Å²) in [5, 5.41) is 2.08. The molecule has 1 unspecified atom stereocenters. The number of aromatic nitrogens is 2. The average Bonchev–Trinajstić information content (AvgIpc) is 3.16. The third-order valence-electron chi connectivity index (χ3n) is 5.35. The van der Waals surface area contributed by atoms with Gasteiger partial charge < -0.3 is 9.80 Å². The first-order chi connectivity index (χ1) is 12.2. The molecule has 0 aromatic carbocycles. The number of ketones is 1. The SMILES string of the molecule is CCN1CCN(c2nc(C)c3c(n2)CC(c2cccs2)CC3=O)CC1. The molecule has 0 bridgehead atoms. The third-order valence-corrected chi connectivity index (χ3v) is 6.39. The normalized spacial score (nSPS) is 21.4. The van der Waals surface area contributed by atoms with Crippen LogP contribution in [0.3, 0.4) is 0 Å². The van der Waals surface area contributed by atoms with Crippen LogP contribution in [0.2, 0.25) is 0 Å². The number of thiophene rings is 1. The Morgan fingerprint density at radius 2 is 2.00 bits per heavy atom. The number of likely N-dealkylation sites (N-methyl/N-ethyl adjacent to an activating group) is 1. The number of piperazine rings is 1. The number of rotatable bonds is 3. The van der Waals surface area contributed by atoms with Gasteiger partial charge in [-0.15, -0.1) is 11.3 Å². The van der Waals surface area contributed by atoms with E-state index in [1.54, 1.807) is 11.3 Å². The summed E-state index contributed by atoms with van der Waals surface area (Å²) < 4.78 is 0. The van der Waals surface area contributed by atoms with E-state index in [0.717, 1.165) is 62.0 Å². The summed E-state index contributed by atoms with van der Waals surface area (Å²) in [5.41, 5.74) is 2.55. The predicted molar refractivity (Wildman–Crippen MR) is 101 cm³/mol. The van der Waals surface area contributed by atoms with Crippen LogP contribution in [-0.4, -0.2) is 53.4 Å². The minimum absolute atomic E-state index is 0.194. The molecule has 1 fully saturated rings. The summed E-state index contributed by atoms with van der Waals surface area (Å²) in [5.74, 6) is 1.25. The van der Waals surface area contributed by atoms with Gasteiger partial charge >= 0.3 is 0 Å². The van der Waals surface area contributed by atoms with E-state index in [0.29, 0.717) is 6.42 Å². The zero-order valence-corrected chi connectivity index (χ0v) is 15.7. The molecule has 3 heterocycles. The minimum atomic E-state index is 0.194. The summed E-state index contributed by atoms with van der Waals surface area (Å²) in [7, 11) is 0. The van der Waals surface area contributed by atoms with Crippen LogP contribution >= 0.6 is 11.3 Å². The van der Waals surface area contributed by atoms with Gasteiger partial charge in [-0.25, -0.2) is 9.97 Å². The summed E-state index contributed by atoms with van der Waals surface area (Å²) in [4.78, 5) is 28.2. The van der Waals surface area contributed by atoms with Crippen LogP contribution in [-0.2, 0) is 6.42 Å². The number of carbonyl (C=O) groups excluding carboxylic acids is 1. The Labute approximate surface area is 152 Å². The molecule has 0 saturated carbocycles. The standard InChI is InChI=1S/C19H24N4OS/c1-3-22-6-8-23(9-7-22)19-20-13(2)18-15(21-19)11-14(12-16(18)24)17-5-4-10-25-17/h4-5,10,14H,3,6-9,11-12H2,1-2H3. The Morgan fingerprint density at radius 3 is 2.68 bits per heavy atom. The van der Waals surface area contributed by atoms with Crippen LogP contribution in [0.5, 0.6) is 0 Å². The van der Waals surface area contributed by atoms with Gasteiger partial charge in [-0.1, -0.05) is 13.0 Å². The highest BCUT2D eigenvalue weighted by Gasteiger charge is 2.31. The molecule has 4 rings (SSSR count). The van der Waals surface area contributed by atoms with Gasteiger partial charge in [0.1, 0.15) is 0 Å². The van der Waals surface area contributed by atoms with Crippen molar-refractivity contribution in [3.63, 3.8) is 0 Å². The van der Waals surface area contributed by atoms with E-state index >= 15 is 0 Å². The summed E-state index contributed by atoms with van der Waals surface area (Å²) in [6.07, 6.45) is 1.42. The van der Waals surface area contributed by atoms with Gasteiger partial charge in [0.15, 0.2) is 5.78 Å². The van der Waals surface area contributed by atoms with Crippen molar-refractivity contribution < 1.29 is 4.79 Å². The first-order valence-electron chi connectivity index (χ1n) is 9.07. The molecule has 132 valence electrons. The minimum Gasteiger partial charge on any atom is -0.338 e. The van der Waals surface area contributed by atoms with Gasteiger partial charge in [0, 0.05) is 43.4 Å². The van der Waals surface area contributed by atoms with Crippen LogP contribution < -0.4 is 4.90 Å². The molecular formula is C19H24N4OS. The largest absolute Gasteiger partial charge is 0.338 e. The number of carbonyl (C=O) groups is 1. The van der Waals surface area contributed by atoms with Gasteiger partial charge in [0.2, 0.25) is 5.95 Å². The van der Waals surface area contributed by atoms with E-state index in [1.165, 1.54) is 4.88 Å². The number of Topliss-reactive ketones (excluding diaryl/α,β-unsaturated/α-hetero) is 1. The molecule has 6 heteroatoms. The fourth-order valence-electron chi connectivity index (χ4n) is 3.89. The Morgan fingerprint density at radius 1 is 1.20 bits per heavy atom. The molecule has 25 heavy (non-hydrogen) atoms. The lowest BCUT2D eigenvalue weighted by molar-refractivity contribution is 0.0962. The van der Waals surface area contributed by atoms with Crippen LogP contribution in [0.4, 0.5) is 5.95 Å². The van der Waals surface area contributed by atoms with E-state index in [1.807, 2.05) is 6.92 Å². The lowest BCUT2D eigenvalue weighted by Crippen LogP contribution is -2.47. The third kappa shape index (κ3) is 3.20. The maximum atomic E-state index is 12.7. The lowest BCUT2D eigenvalue weighted by Gasteiger charge is -2.34. The number of hydrogen-bond acceptors (Lipinski definition) is 6. The van der Waals surface area contributed by atoms with E-state index < -0.39 is 0 Å². The molecule has 1 aliphatic carbocycles. The molecule has 5 nitrogen and oxygen atoms in total. The van der Waals surface area contributed by atoms with Crippen molar-refractivity contribution in [1.82, 2.24) is 14.9 Å². The monoisotopic (exact) mass is 356 g/mol. The molecule has 0 amide bonds. The van der Waals surface area contributed by atoms with Gasteiger partial charge in [0.25, 0.3) is 0 Å². The number of fused-ring (bicyclic) bond motifs is 1. The second-order valence-electron chi connectivity index (χ2n) is 6.90. The van der Waals surface area contributed by atoms with E-state index in [9.17, 15) is 4.79 Å². The molecule has 0 N–H and O–H groups in total. The Kier molecular flexibility index (Phi) is 4.56. The number of anilines is 1.